The van der Waals surface area contributed by atoms with Gasteiger partial charge in [-0.3, -0.25) is 4.79 Å². The maximum atomic E-state index is 12.2. The summed E-state index contributed by atoms with van der Waals surface area (Å²) in [7, 11) is 0. The van der Waals surface area contributed by atoms with E-state index < -0.39 is 0 Å². The van der Waals surface area contributed by atoms with E-state index in [1.807, 2.05) is 55.5 Å². The smallest absolute Gasteiger partial charge is 0.271 e. The molecule has 2 N–H and O–H groups in total. The Bertz CT molecular complexity index is 896. The minimum atomic E-state index is -0.253. The lowest BCUT2D eigenvalue weighted by Crippen LogP contribution is -2.24. The Morgan fingerprint density at radius 2 is 1.88 bits per heavy atom. The van der Waals surface area contributed by atoms with Gasteiger partial charge in [0.15, 0.2) is 0 Å². The van der Waals surface area contributed by atoms with Crippen molar-refractivity contribution in [3.05, 3.63) is 88.3 Å². The molecule has 0 saturated heterocycles. The minimum Gasteiger partial charge on any atom is -0.365 e. The molecule has 1 aromatic heterocycles. The molecular formula is C20H19ClN4O. The molecule has 5 nitrogen and oxygen atoms in total. The molecule has 0 aliphatic heterocycles. The molecule has 0 aliphatic carbocycles. The van der Waals surface area contributed by atoms with Gasteiger partial charge in [-0.05, 0) is 24.1 Å². The average Bonchev–Trinajstić information content (AvgIpc) is 2.66. The third-order valence-electron chi connectivity index (χ3n) is 3.84. The van der Waals surface area contributed by atoms with Crippen LogP contribution in [0.3, 0.4) is 0 Å². The summed E-state index contributed by atoms with van der Waals surface area (Å²) in [5.41, 5.74) is 3.45. The second-order valence-corrected chi connectivity index (χ2v) is 6.31. The number of hydrogen-bond donors (Lipinski definition) is 2. The SMILES string of the molecule is Cc1cccc(CNC(=O)c2cnc(NCc3ccccc3Cl)cn2)c1. The first-order chi connectivity index (χ1) is 12.6. The first-order valence-corrected chi connectivity index (χ1v) is 8.62. The Hall–Kier alpha value is -2.92. The number of hydrogen-bond acceptors (Lipinski definition) is 4. The molecule has 0 saturated carbocycles. The van der Waals surface area contributed by atoms with Gasteiger partial charge in [-0.25, -0.2) is 9.97 Å². The first kappa shape index (κ1) is 17.9. The van der Waals surface area contributed by atoms with Crippen LogP contribution in [0.25, 0.3) is 0 Å². The Morgan fingerprint density at radius 3 is 2.62 bits per heavy atom. The molecule has 26 heavy (non-hydrogen) atoms. The Balaban J connectivity index is 1.55. The fraction of sp³-hybridized carbons (Fsp3) is 0.150. The van der Waals surface area contributed by atoms with Crippen LogP contribution in [-0.4, -0.2) is 15.9 Å². The molecule has 3 rings (SSSR count). The van der Waals surface area contributed by atoms with E-state index in [-0.39, 0.29) is 11.6 Å². The van der Waals surface area contributed by atoms with Crippen LogP contribution in [-0.2, 0) is 13.1 Å². The van der Waals surface area contributed by atoms with E-state index in [9.17, 15) is 4.79 Å². The summed E-state index contributed by atoms with van der Waals surface area (Å²) in [6.07, 6.45) is 3.00. The van der Waals surface area contributed by atoms with Crippen molar-refractivity contribution >= 4 is 23.3 Å². The summed E-state index contributed by atoms with van der Waals surface area (Å²) in [5, 5.41) is 6.68. The second kappa shape index (κ2) is 8.45. The normalized spacial score (nSPS) is 10.4. The van der Waals surface area contributed by atoms with Crippen molar-refractivity contribution in [1.29, 1.82) is 0 Å². The van der Waals surface area contributed by atoms with E-state index >= 15 is 0 Å². The van der Waals surface area contributed by atoms with Gasteiger partial charge in [0.1, 0.15) is 11.5 Å². The summed E-state index contributed by atoms with van der Waals surface area (Å²) in [6, 6.07) is 15.6. The van der Waals surface area contributed by atoms with E-state index in [2.05, 4.69) is 20.6 Å². The van der Waals surface area contributed by atoms with Crippen molar-refractivity contribution < 1.29 is 4.79 Å². The fourth-order valence-electron chi connectivity index (χ4n) is 2.46. The Kier molecular flexibility index (Phi) is 5.81. The predicted molar refractivity (Wildman–Crippen MR) is 103 cm³/mol. The fourth-order valence-corrected chi connectivity index (χ4v) is 2.66. The summed E-state index contributed by atoms with van der Waals surface area (Å²) in [4.78, 5) is 20.6. The summed E-state index contributed by atoms with van der Waals surface area (Å²) in [5.74, 6) is 0.330. The number of carbonyl (C=O) groups is 1. The second-order valence-electron chi connectivity index (χ2n) is 5.90. The van der Waals surface area contributed by atoms with E-state index in [0.717, 1.165) is 16.7 Å². The lowest BCUT2D eigenvalue weighted by atomic mass is 10.1. The predicted octanol–water partition coefficient (Wildman–Crippen LogP) is 3.98. The van der Waals surface area contributed by atoms with Gasteiger partial charge in [-0.1, -0.05) is 59.6 Å². The number of aryl methyl sites for hydroxylation is 1. The molecule has 6 heteroatoms. The highest BCUT2D eigenvalue weighted by Gasteiger charge is 2.08. The van der Waals surface area contributed by atoms with Crippen LogP contribution >= 0.6 is 11.6 Å². The van der Waals surface area contributed by atoms with E-state index in [1.165, 1.54) is 6.20 Å². The third-order valence-corrected chi connectivity index (χ3v) is 4.21. The monoisotopic (exact) mass is 366 g/mol. The molecule has 2 aromatic carbocycles. The lowest BCUT2D eigenvalue weighted by molar-refractivity contribution is 0.0945. The molecule has 3 aromatic rings. The van der Waals surface area contributed by atoms with Crippen LogP contribution in [0.1, 0.15) is 27.2 Å². The van der Waals surface area contributed by atoms with Crippen LogP contribution in [0.5, 0.6) is 0 Å². The zero-order chi connectivity index (χ0) is 18.4. The van der Waals surface area contributed by atoms with E-state index in [1.54, 1.807) is 6.20 Å². The van der Waals surface area contributed by atoms with Crippen LogP contribution in [0.15, 0.2) is 60.9 Å². The largest absolute Gasteiger partial charge is 0.365 e. The summed E-state index contributed by atoms with van der Waals surface area (Å²) >= 11 is 6.12. The van der Waals surface area contributed by atoms with Gasteiger partial charge in [0.05, 0.1) is 12.4 Å². The molecule has 132 valence electrons. The highest BCUT2D eigenvalue weighted by atomic mass is 35.5. The molecule has 0 aliphatic rings. The molecule has 0 unspecified atom stereocenters. The van der Waals surface area contributed by atoms with Crippen molar-refractivity contribution in [1.82, 2.24) is 15.3 Å². The van der Waals surface area contributed by atoms with Gasteiger partial charge in [0.25, 0.3) is 5.91 Å². The minimum absolute atomic E-state index is 0.253. The van der Waals surface area contributed by atoms with Crippen molar-refractivity contribution in [2.75, 3.05) is 5.32 Å². The zero-order valence-corrected chi connectivity index (χ0v) is 15.1. The lowest BCUT2D eigenvalue weighted by Gasteiger charge is -2.08. The highest BCUT2D eigenvalue weighted by Crippen LogP contribution is 2.16. The van der Waals surface area contributed by atoms with Crippen LogP contribution in [0.4, 0.5) is 5.82 Å². The van der Waals surface area contributed by atoms with Gasteiger partial charge >= 0.3 is 0 Å². The van der Waals surface area contributed by atoms with Gasteiger partial charge < -0.3 is 10.6 Å². The number of rotatable bonds is 6. The number of aromatic nitrogens is 2. The molecule has 0 bridgehead atoms. The molecule has 0 spiro atoms. The maximum Gasteiger partial charge on any atom is 0.271 e. The molecule has 0 fully saturated rings. The van der Waals surface area contributed by atoms with E-state index in [4.69, 9.17) is 11.6 Å². The molecule has 1 heterocycles. The van der Waals surface area contributed by atoms with Gasteiger partial charge in [-0.2, -0.15) is 0 Å². The van der Waals surface area contributed by atoms with Gasteiger partial charge in [0, 0.05) is 18.1 Å². The number of halogens is 1. The quantitative estimate of drug-likeness (QED) is 0.692. The van der Waals surface area contributed by atoms with Crippen LogP contribution < -0.4 is 10.6 Å². The Morgan fingerprint density at radius 1 is 1.04 bits per heavy atom. The number of benzene rings is 2. The number of nitrogens with zero attached hydrogens (tertiary/aromatic N) is 2. The van der Waals surface area contributed by atoms with Gasteiger partial charge in [-0.15, -0.1) is 0 Å². The number of nitrogens with one attached hydrogen (secondary N) is 2. The average molecular weight is 367 g/mol. The van der Waals surface area contributed by atoms with Crippen molar-refractivity contribution in [2.45, 2.75) is 20.0 Å². The number of carbonyl (C=O) groups excluding carboxylic acids is 1. The standard InChI is InChI=1S/C20H19ClN4O/c1-14-5-4-6-15(9-14)10-25-20(26)18-12-24-19(13-22-18)23-11-16-7-2-3-8-17(16)21/h2-9,12-13H,10-11H2,1H3,(H,23,24)(H,25,26). The van der Waals surface area contributed by atoms with Crippen molar-refractivity contribution in [2.24, 2.45) is 0 Å². The molecule has 1 amide bonds. The maximum absolute atomic E-state index is 12.2. The number of anilines is 1. The molecule has 0 atom stereocenters. The first-order valence-electron chi connectivity index (χ1n) is 8.25. The summed E-state index contributed by atoms with van der Waals surface area (Å²) < 4.78 is 0. The zero-order valence-electron chi connectivity index (χ0n) is 14.4. The topological polar surface area (TPSA) is 66.9 Å². The Labute approximate surface area is 157 Å². The van der Waals surface area contributed by atoms with Crippen LogP contribution in [0, 0.1) is 6.92 Å². The van der Waals surface area contributed by atoms with Gasteiger partial charge in [0.2, 0.25) is 0 Å². The van der Waals surface area contributed by atoms with Crippen molar-refractivity contribution in [3.8, 4) is 0 Å². The summed E-state index contributed by atoms with van der Waals surface area (Å²) in [6.45, 7) is 3.01. The number of amides is 1. The van der Waals surface area contributed by atoms with Crippen LogP contribution in [0.2, 0.25) is 5.02 Å². The van der Waals surface area contributed by atoms with Crippen molar-refractivity contribution in [3.63, 3.8) is 0 Å². The third kappa shape index (κ3) is 4.80. The van der Waals surface area contributed by atoms with E-state index in [0.29, 0.717) is 23.9 Å². The highest BCUT2D eigenvalue weighted by molar-refractivity contribution is 6.31. The molecular weight excluding hydrogens is 348 g/mol. The molecule has 0 radical (unpaired) electrons.